The zero-order valence-corrected chi connectivity index (χ0v) is 12.3. The fraction of sp³-hybridized carbons (Fsp3) is 0.133. The van der Waals surface area contributed by atoms with Crippen molar-refractivity contribution in [2.75, 3.05) is 0 Å². The highest BCUT2D eigenvalue weighted by molar-refractivity contribution is 6.30. The van der Waals surface area contributed by atoms with Crippen molar-refractivity contribution in [2.45, 2.75) is 12.4 Å². The number of esters is 1. The second kappa shape index (κ2) is 6.35. The van der Waals surface area contributed by atoms with E-state index < -0.39 is 35.0 Å². The normalized spacial score (nSPS) is 12.1. The van der Waals surface area contributed by atoms with Crippen LogP contribution in [0.5, 0.6) is 5.75 Å². The summed E-state index contributed by atoms with van der Waals surface area (Å²) >= 11 is 5.61. The lowest BCUT2D eigenvalue weighted by Gasteiger charge is -2.15. The lowest BCUT2D eigenvalue weighted by molar-refractivity contribution is -0.141. The summed E-state index contributed by atoms with van der Waals surface area (Å²) in [5.41, 5.74) is -4.14. The number of halogens is 7. The molecule has 0 saturated carbocycles. The first-order valence-corrected chi connectivity index (χ1v) is 6.62. The van der Waals surface area contributed by atoms with Crippen LogP contribution < -0.4 is 4.74 Å². The zero-order valence-electron chi connectivity index (χ0n) is 11.5. The standard InChI is InChI=1S/C15H7ClF6O2/c16-9-2-4-10(5-3-9)24-13(23)11-7-8(14(17,18)19)1-6-12(11)15(20,21)22/h1-7H. The summed E-state index contributed by atoms with van der Waals surface area (Å²) in [4.78, 5) is 11.9. The molecule has 2 aromatic carbocycles. The van der Waals surface area contributed by atoms with Gasteiger partial charge in [0.15, 0.2) is 0 Å². The Kier molecular flexibility index (Phi) is 4.80. The third-order valence-corrected chi connectivity index (χ3v) is 3.15. The predicted molar refractivity (Wildman–Crippen MR) is 72.9 cm³/mol. The largest absolute Gasteiger partial charge is 0.423 e. The maximum absolute atomic E-state index is 12.9. The summed E-state index contributed by atoms with van der Waals surface area (Å²) in [6, 6.07) is 5.56. The van der Waals surface area contributed by atoms with Gasteiger partial charge in [0.25, 0.3) is 0 Å². The van der Waals surface area contributed by atoms with Gasteiger partial charge in [-0.05, 0) is 42.5 Å². The van der Waals surface area contributed by atoms with Gasteiger partial charge in [0.05, 0.1) is 16.7 Å². The fourth-order valence-corrected chi connectivity index (χ4v) is 1.93. The lowest BCUT2D eigenvalue weighted by Crippen LogP contribution is -2.19. The number of carbonyl (C=O) groups is 1. The molecule has 2 rings (SSSR count). The minimum atomic E-state index is -5.02. The molecule has 0 amide bonds. The second-order valence-electron chi connectivity index (χ2n) is 4.60. The fourth-order valence-electron chi connectivity index (χ4n) is 1.80. The average molecular weight is 369 g/mol. The third-order valence-electron chi connectivity index (χ3n) is 2.90. The van der Waals surface area contributed by atoms with Crippen molar-refractivity contribution in [1.82, 2.24) is 0 Å². The van der Waals surface area contributed by atoms with E-state index in [-0.39, 0.29) is 29.0 Å². The molecule has 128 valence electrons. The molecule has 2 nitrogen and oxygen atoms in total. The maximum atomic E-state index is 12.9. The molecule has 9 heteroatoms. The van der Waals surface area contributed by atoms with Gasteiger partial charge in [0.2, 0.25) is 0 Å². The summed E-state index contributed by atoms with van der Waals surface area (Å²) in [6.07, 6.45) is -9.92. The average Bonchev–Trinajstić information content (AvgIpc) is 2.47. The summed E-state index contributed by atoms with van der Waals surface area (Å²) in [7, 11) is 0. The number of hydrogen-bond donors (Lipinski definition) is 0. The van der Waals surface area contributed by atoms with Gasteiger partial charge < -0.3 is 4.74 Å². The molecule has 0 heterocycles. The van der Waals surface area contributed by atoms with Gasteiger partial charge in [-0.1, -0.05) is 11.6 Å². The Morgan fingerprint density at radius 1 is 0.875 bits per heavy atom. The van der Waals surface area contributed by atoms with Gasteiger partial charge in [0, 0.05) is 5.02 Å². The van der Waals surface area contributed by atoms with E-state index in [9.17, 15) is 31.1 Å². The first-order chi connectivity index (χ1) is 11.0. The zero-order chi connectivity index (χ0) is 18.1. The first-order valence-electron chi connectivity index (χ1n) is 6.24. The van der Waals surface area contributed by atoms with Crippen LogP contribution in [0.15, 0.2) is 42.5 Å². The van der Waals surface area contributed by atoms with Crippen molar-refractivity contribution in [3.8, 4) is 5.75 Å². The number of rotatable bonds is 2. The highest BCUT2D eigenvalue weighted by atomic mass is 35.5. The van der Waals surface area contributed by atoms with Crippen molar-refractivity contribution in [3.63, 3.8) is 0 Å². The van der Waals surface area contributed by atoms with Crippen LogP contribution in [0.4, 0.5) is 26.3 Å². The number of hydrogen-bond acceptors (Lipinski definition) is 2. The topological polar surface area (TPSA) is 26.3 Å². The number of alkyl halides is 6. The molecular weight excluding hydrogens is 362 g/mol. The Bertz CT molecular complexity index is 750. The van der Waals surface area contributed by atoms with Crippen molar-refractivity contribution >= 4 is 17.6 Å². The van der Waals surface area contributed by atoms with Crippen LogP contribution in [0.25, 0.3) is 0 Å². The van der Waals surface area contributed by atoms with E-state index in [1.54, 1.807) is 0 Å². The quantitative estimate of drug-likeness (QED) is 0.392. The van der Waals surface area contributed by atoms with Crippen molar-refractivity contribution < 1.29 is 35.9 Å². The summed E-state index contributed by atoms with van der Waals surface area (Å²) in [6.45, 7) is 0. The van der Waals surface area contributed by atoms with Gasteiger partial charge in [-0.15, -0.1) is 0 Å². The molecule has 0 spiro atoms. The van der Waals surface area contributed by atoms with E-state index >= 15 is 0 Å². The van der Waals surface area contributed by atoms with Gasteiger partial charge in [-0.25, -0.2) is 4.79 Å². The SMILES string of the molecule is O=C(Oc1ccc(Cl)cc1)c1cc(C(F)(F)F)ccc1C(F)(F)F. The van der Waals surface area contributed by atoms with Crippen molar-refractivity contribution in [2.24, 2.45) is 0 Å². The van der Waals surface area contributed by atoms with E-state index in [2.05, 4.69) is 0 Å². The minimum Gasteiger partial charge on any atom is -0.423 e. The minimum absolute atomic E-state index is 0.112. The van der Waals surface area contributed by atoms with E-state index in [1.807, 2.05) is 0 Å². The van der Waals surface area contributed by atoms with Crippen LogP contribution in [0.2, 0.25) is 5.02 Å². The molecule has 24 heavy (non-hydrogen) atoms. The summed E-state index contributed by atoms with van der Waals surface area (Å²) < 4.78 is 81.5. The molecular formula is C15H7ClF6O2. The maximum Gasteiger partial charge on any atom is 0.417 e. The first kappa shape index (κ1) is 18.1. The molecule has 0 fully saturated rings. The number of benzene rings is 2. The Morgan fingerprint density at radius 2 is 1.46 bits per heavy atom. The molecule has 2 aromatic rings. The van der Waals surface area contributed by atoms with Crippen molar-refractivity contribution in [3.05, 3.63) is 64.2 Å². The molecule has 0 radical (unpaired) electrons. The van der Waals surface area contributed by atoms with Gasteiger partial charge in [-0.2, -0.15) is 26.3 Å². The Morgan fingerprint density at radius 3 is 1.96 bits per heavy atom. The highest BCUT2D eigenvalue weighted by Gasteiger charge is 2.39. The van der Waals surface area contributed by atoms with Gasteiger partial charge in [-0.3, -0.25) is 0 Å². The molecule has 0 saturated heterocycles. The molecule has 0 aliphatic heterocycles. The van der Waals surface area contributed by atoms with Gasteiger partial charge in [0.1, 0.15) is 5.75 Å². The molecule has 0 atom stereocenters. The van der Waals surface area contributed by atoms with Crippen LogP contribution in [0.1, 0.15) is 21.5 Å². The Labute approximate surface area is 136 Å². The van der Waals surface area contributed by atoms with Crippen LogP contribution in [-0.2, 0) is 12.4 Å². The van der Waals surface area contributed by atoms with E-state index in [0.717, 1.165) is 0 Å². The van der Waals surface area contributed by atoms with E-state index in [4.69, 9.17) is 16.3 Å². The lowest BCUT2D eigenvalue weighted by atomic mass is 10.0. The number of carbonyl (C=O) groups excluding carboxylic acids is 1. The highest BCUT2D eigenvalue weighted by Crippen LogP contribution is 2.37. The monoisotopic (exact) mass is 368 g/mol. The van der Waals surface area contributed by atoms with Crippen LogP contribution in [0, 0.1) is 0 Å². The summed E-state index contributed by atoms with van der Waals surface area (Å²) in [5.74, 6) is -1.72. The van der Waals surface area contributed by atoms with Crippen LogP contribution in [-0.4, -0.2) is 5.97 Å². The van der Waals surface area contributed by atoms with Crippen LogP contribution >= 0.6 is 11.6 Å². The Balaban J connectivity index is 2.45. The predicted octanol–water partition coefficient (Wildman–Crippen LogP) is 5.60. The molecule has 0 aliphatic carbocycles. The third kappa shape index (κ3) is 4.19. The summed E-state index contributed by atoms with van der Waals surface area (Å²) in [5, 5.41) is 0.282. The molecule has 0 N–H and O–H groups in total. The second-order valence-corrected chi connectivity index (χ2v) is 5.04. The van der Waals surface area contributed by atoms with Crippen molar-refractivity contribution in [1.29, 1.82) is 0 Å². The molecule has 0 bridgehead atoms. The van der Waals surface area contributed by atoms with Gasteiger partial charge >= 0.3 is 18.3 Å². The molecule has 0 unspecified atom stereocenters. The smallest absolute Gasteiger partial charge is 0.417 e. The molecule has 0 aromatic heterocycles. The van der Waals surface area contributed by atoms with Crippen LogP contribution in [0.3, 0.4) is 0 Å². The van der Waals surface area contributed by atoms with E-state index in [0.29, 0.717) is 0 Å². The molecule has 0 aliphatic rings. The van der Waals surface area contributed by atoms with E-state index in [1.165, 1.54) is 24.3 Å². The number of ether oxygens (including phenoxy) is 1. The Hall–Kier alpha value is -2.22.